The standard InChI is InChI=1S/C6H6.H3NO2S/c1-2-4-6-5-3-1;1-4(2)3/h1-6H;1H2,(H,2,3)/p-1. The Bertz CT molecular complexity index is 148. The van der Waals surface area contributed by atoms with Crippen molar-refractivity contribution in [2.75, 3.05) is 0 Å². The third kappa shape index (κ3) is 10.3. The van der Waals surface area contributed by atoms with Gasteiger partial charge in [0.1, 0.15) is 0 Å². The third-order valence-corrected chi connectivity index (χ3v) is 0.667. The first-order valence-corrected chi connectivity index (χ1v) is 3.71. The zero-order chi connectivity index (χ0) is 7.82. The number of hydrogen-bond acceptors (Lipinski definition) is 2. The van der Waals surface area contributed by atoms with Gasteiger partial charge < -0.3 is 4.55 Å². The van der Waals surface area contributed by atoms with Crippen molar-refractivity contribution in [3.63, 3.8) is 0 Å². The van der Waals surface area contributed by atoms with Crippen molar-refractivity contribution in [2.24, 2.45) is 5.14 Å². The second-order valence-electron chi connectivity index (χ2n) is 1.42. The van der Waals surface area contributed by atoms with Gasteiger partial charge in [-0.3, -0.25) is 9.35 Å². The van der Waals surface area contributed by atoms with Gasteiger partial charge in [-0.15, -0.1) is 0 Å². The van der Waals surface area contributed by atoms with E-state index in [9.17, 15) is 0 Å². The van der Waals surface area contributed by atoms with E-state index in [2.05, 4.69) is 5.14 Å². The summed E-state index contributed by atoms with van der Waals surface area (Å²) in [5.41, 5.74) is 0. The molecule has 0 saturated heterocycles. The van der Waals surface area contributed by atoms with Crippen LogP contribution in [0.25, 0.3) is 0 Å². The van der Waals surface area contributed by atoms with Crippen molar-refractivity contribution < 1.29 is 8.76 Å². The number of rotatable bonds is 0. The second kappa shape index (κ2) is 6.41. The van der Waals surface area contributed by atoms with Gasteiger partial charge >= 0.3 is 0 Å². The minimum atomic E-state index is -2.36. The molecule has 10 heavy (non-hydrogen) atoms. The van der Waals surface area contributed by atoms with Crippen LogP contribution in [0.15, 0.2) is 36.4 Å². The maximum absolute atomic E-state index is 8.78. The summed E-state index contributed by atoms with van der Waals surface area (Å²) in [5, 5.41) is 4.03. The summed E-state index contributed by atoms with van der Waals surface area (Å²) in [7, 11) is 0. The smallest absolute Gasteiger partial charge is 0.0152 e. The summed E-state index contributed by atoms with van der Waals surface area (Å²) in [4.78, 5) is 0. The molecule has 0 saturated carbocycles. The number of nitrogens with two attached hydrogens (primary N) is 1. The van der Waals surface area contributed by atoms with Crippen LogP contribution in [0.5, 0.6) is 0 Å². The molecule has 0 aliphatic rings. The molecule has 2 N–H and O–H groups in total. The Morgan fingerprint density at radius 1 is 1.00 bits per heavy atom. The highest BCUT2D eigenvalue weighted by Crippen LogP contribution is 1.79. The lowest BCUT2D eigenvalue weighted by Crippen LogP contribution is -1.97. The van der Waals surface area contributed by atoms with Crippen LogP contribution in [0.4, 0.5) is 0 Å². The SMILES string of the molecule is NS(=O)[O-].c1ccccc1. The molecule has 0 spiro atoms. The van der Waals surface area contributed by atoms with E-state index in [0.29, 0.717) is 0 Å². The first kappa shape index (κ1) is 9.29. The van der Waals surface area contributed by atoms with Crippen molar-refractivity contribution >= 4 is 11.3 Å². The lowest BCUT2D eigenvalue weighted by Gasteiger charge is -1.85. The average molecular weight is 158 g/mol. The molecule has 4 heteroatoms. The maximum atomic E-state index is 8.78. The molecule has 56 valence electrons. The average Bonchev–Trinajstić information content (AvgIpc) is 1.90. The molecule has 1 rings (SSSR count). The fraction of sp³-hybridized carbons (Fsp3) is 0. The highest BCUT2D eigenvalue weighted by atomic mass is 32.2. The van der Waals surface area contributed by atoms with Crippen molar-refractivity contribution in [1.82, 2.24) is 0 Å². The van der Waals surface area contributed by atoms with Gasteiger partial charge in [0.15, 0.2) is 0 Å². The Kier molecular flexibility index (Phi) is 5.96. The van der Waals surface area contributed by atoms with Crippen molar-refractivity contribution in [2.45, 2.75) is 0 Å². The molecule has 0 bridgehead atoms. The molecule has 0 aromatic heterocycles. The lowest BCUT2D eigenvalue weighted by molar-refractivity contribution is 0.539. The molecular weight excluding hydrogens is 150 g/mol. The highest BCUT2D eigenvalue weighted by molar-refractivity contribution is 7.76. The first-order chi connectivity index (χ1) is 4.73. The predicted octanol–water partition coefficient (Wildman–Crippen LogP) is 0.426. The number of hydrogen-bond donors (Lipinski definition) is 1. The monoisotopic (exact) mass is 158 g/mol. The van der Waals surface area contributed by atoms with Crippen LogP contribution < -0.4 is 5.14 Å². The third-order valence-electron chi connectivity index (χ3n) is 0.667. The van der Waals surface area contributed by atoms with Gasteiger partial charge in [0.25, 0.3) is 0 Å². The predicted molar refractivity (Wildman–Crippen MR) is 39.5 cm³/mol. The molecule has 0 aliphatic heterocycles. The Morgan fingerprint density at radius 2 is 1.10 bits per heavy atom. The summed E-state index contributed by atoms with van der Waals surface area (Å²) < 4.78 is 17.6. The van der Waals surface area contributed by atoms with Crippen LogP contribution in [0.2, 0.25) is 0 Å². The molecule has 0 heterocycles. The van der Waals surface area contributed by atoms with Gasteiger partial charge in [0.05, 0.1) is 0 Å². The molecule has 0 aliphatic carbocycles. The molecular formula is C6H8NO2S-. The van der Waals surface area contributed by atoms with Gasteiger partial charge in [0.2, 0.25) is 0 Å². The number of benzene rings is 1. The van der Waals surface area contributed by atoms with Crippen LogP contribution in [0.1, 0.15) is 0 Å². The van der Waals surface area contributed by atoms with Crippen molar-refractivity contribution in [1.29, 1.82) is 0 Å². The van der Waals surface area contributed by atoms with E-state index in [-0.39, 0.29) is 0 Å². The molecule has 1 aromatic rings. The van der Waals surface area contributed by atoms with Crippen LogP contribution in [-0.4, -0.2) is 8.76 Å². The summed E-state index contributed by atoms with van der Waals surface area (Å²) in [5.74, 6) is 0. The first-order valence-electron chi connectivity index (χ1n) is 2.57. The van der Waals surface area contributed by atoms with E-state index in [1.54, 1.807) is 0 Å². The molecule has 1 atom stereocenters. The second-order valence-corrected chi connectivity index (χ2v) is 1.94. The molecule has 3 nitrogen and oxygen atoms in total. The molecule has 1 aromatic carbocycles. The summed E-state index contributed by atoms with van der Waals surface area (Å²) in [6, 6.07) is 12.0. The summed E-state index contributed by atoms with van der Waals surface area (Å²) >= 11 is -2.36. The van der Waals surface area contributed by atoms with Crippen molar-refractivity contribution in [3.05, 3.63) is 36.4 Å². The largest absolute Gasteiger partial charge is 0.760 e. The minimum absolute atomic E-state index is 2.00. The minimum Gasteiger partial charge on any atom is -0.760 e. The van der Waals surface area contributed by atoms with Crippen LogP contribution >= 0.6 is 0 Å². The Hall–Kier alpha value is -0.710. The van der Waals surface area contributed by atoms with Crippen LogP contribution in [-0.2, 0) is 11.3 Å². The topological polar surface area (TPSA) is 66.2 Å². The van der Waals surface area contributed by atoms with E-state index in [0.717, 1.165) is 0 Å². The molecule has 0 radical (unpaired) electrons. The summed E-state index contributed by atoms with van der Waals surface area (Å²) in [6.07, 6.45) is 0. The van der Waals surface area contributed by atoms with E-state index >= 15 is 0 Å². The van der Waals surface area contributed by atoms with Gasteiger partial charge in [-0.1, -0.05) is 36.4 Å². The van der Waals surface area contributed by atoms with Crippen molar-refractivity contribution in [3.8, 4) is 0 Å². The van der Waals surface area contributed by atoms with E-state index in [1.807, 2.05) is 36.4 Å². The molecule has 1 unspecified atom stereocenters. The van der Waals surface area contributed by atoms with Gasteiger partial charge in [-0.05, 0) is 0 Å². The molecule has 0 amide bonds. The summed E-state index contributed by atoms with van der Waals surface area (Å²) in [6.45, 7) is 0. The zero-order valence-electron chi connectivity index (χ0n) is 5.27. The van der Waals surface area contributed by atoms with E-state index in [1.165, 1.54) is 0 Å². The van der Waals surface area contributed by atoms with Gasteiger partial charge in [0, 0.05) is 11.3 Å². The fourth-order valence-corrected chi connectivity index (χ4v) is 0.385. The van der Waals surface area contributed by atoms with E-state index in [4.69, 9.17) is 8.76 Å². The highest BCUT2D eigenvalue weighted by Gasteiger charge is 1.57. The Balaban J connectivity index is 0.000000180. The zero-order valence-corrected chi connectivity index (χ0v) is 6.08. The van der Waals surface area contributed by atoms with Crippen LogP contribution in [0.3, 0.4) is 0 Å². The fourth-order valence-electron chi connectivity index (χ4n) is 0.385. The quantitative estimate of drug-likeness (QED) is 0.556. The maximum Gasteiger partial charge on any atom is 0.0152 e. The normalized spacial score (nSPS) is 11.0. The Morgan fingerprint density at radius 3 is 1.20 bits per heavy atom. The van der Waals surface area contributed by atoms with Gasteiger partial charge in [-0.25, -0.2) is 0 Å². The Labute approximate surface area is 62.3 Å². The van der Waals surface area contributed by atoms with Gasteiger partial charge in [-0.2, -0.15) is 0 Å². The van der Waals surface area contributed by atoms with Crippen LogP contribution in [0, 0.1) is 0 Å². The molecule has 0 fully saturated rings. The lowest BCUT2D eigenvalue weighted by atomic mass is 10.4. The van der Waals surface area contributed by atoms with E-state index < -0.39 is 11.3 Å².